The van der Waals surface area contributed by atoms with Gasteiger partial charge in [0.15, 0.2) is 0 Å². The summed E-state index contributed by atoms with van der Waals surface area (Å²) in [6.07, 6.45) is 0. The highest BCUT2D eigenvalue weighted by Crippen LogP contribution is 2.21. The number of H-pyrrole nitrogens is 1. The second kappa shape index (κ2) is 6.22. The number of imidazole rings is 1. The number of fused-ring (bicyclic) bond motifs is 2. The minimum Gasteiger partial charge on any atom is -0.340 e. The summed E-state index contributed by atoms with van der Waals surface area (Å²) in [5.74, 6) is 0.181. The summed E-state index contributed by atoms with van der Waals surface area (Å²) in [4.78, 5) is 26.6. The summed E-state index contributed by atoms with van der Waals surface area (Å²) in [6, 6.07) is 13.7. The molecule has 0 radical (unpaired) electrons. The van der Waals surface area contributed by atoms with Gasteiger partial charge in [0.25, 0.3) is 5.91 Å². The fraction of sp³-hybridized carbons (Fsp3) is 0.150. The normalized spacial score (nSPS) is 11.2. The molecule has 6 heteroatoms. The lowest BCUT2D eigenvalue weighted by Gasteiger charge is -2.17. The van der Waals surface area contributed by atoms with Gasteiger partial charge >= 0.3 is 0 Å². The van der Waals surface area contributed by atoms with E-state index in [1.54, 1.807) is 31.0 Å². The Balaban J connectivity index is 1.67. The number of halogens is 1. The lowest BCUT2D eigenvalue weighted by molar-refractivity contribution is 0.0783. The lowest BCUT2D eigenvalue weighted by Crippen LogP contribution is -2.27. The van der Waals surface area contributed by atoms with Crippen LogP contribution in [0.2, 0.25) is 0 Å². The molecule has 2 aromatic carbocycles. The number of rotatable bonds is 3. The van der Waals surface area contributed by atoms with Crippen LogP contribution < -0.4 is 0 Å². The summed E-state index contributed by atoms with van der Waals surface area (Å²) in [6.45, 7) is 2.14. The van der Waals surface area contributed by atoms with Crippen LogP contribution >= 0.6 is 0 Å². The maximum absolute atomic E-state index is 13.5. The Bertz CT molecular complexity index is 1100. The van der Waals surface area contributed by atoms with E-state index in [0.717, 1.165) is 11.0 Å². The average Bonchev–Trinajstić information content (AvgIpc) is 3.02. The highest BCUT2D eigenvalue weighted by atomic mass is 19.1. The number of nitrogens with zero attached hydrogens (tertiary/aromatic N) is 3. The quantitative estimate of drug-likeness (QED) is 0.612. The molecule has 0 aliphatic heterocycles. The minimum atomic E-state index is -0.371. The van der Waals surface area contributed by atoms with Crippen molar-refractivity contribution in [2.45, 2.75) is 13.5 Å². The predicted octanol–water partition coefficient (Wildman–Crippen LogP) is 3.83. The molecule has 0 bridgehead atoms. The molecule has 0 saturated carbocycles. The fourth-order valence-corrected chi connectivity index (χ4v) is 3.09. The number of amides is 1. The minimum absolute atomic E-state index is 0.160. The second-order valence-corrected chi connectivity index (χ2v) is 6.33. The van der Waals surface area contributed by atoms with E-state index in [1.165, 1.54) is 12.1 Å². The van der Waals surface area contributed by atoms with Crippen LogP contribution in [0.3, 0.4) is 0 Å². The SMILES string of the molecule is Cc1cc(C(=O)N(C)Cc2nc3ccccc3[nH]2)c2ccc(F)cc2n1. The summed E-state index contributed by atoms with van der Waals surface area (Å²) in [5, 5.41) is 0.637. The number of para-hydroxylation sites is 2. The van der Waals surface area contributed by atoms with E-state index in [1.807, 2.05) is 24.3 Å². The highest BCUT2D eigenvalue weighted by Gasteiger charge is 2.18. The number of aromatic amines is 1. The van der Waals surface area contributed by atoms with Gasteiger partial charge in [-0.3, -0.25) is 9.78 Å². The van der Waals surface area contributed by atoms with E-state index < -0.39 is 0 Å². The first-order valence-corrected chi connectivity index (χ1v) is 8.27. The summed E-state index contributed by atoms with van der Waals surface area (Å²) in [7, 11) is 1.72. The van der Waals surface area contributed by atoms with Crippen LogP contribution in [0.25, 0.3) is 21.9 Å². The molecule has 2 heterocycles. The molecule has 4 aromatic rings. The molecule has 130 valence electrons. The molecule has 5 nitrogen and oxygen atoms in total. The maximum Gasteiger partial charge on any atom is 0.254 e. The molecule has 1 amide bonds. The summed E-state index contributed by atoms with van der Waals surface area (Å²) in [5.41, 5.74) is 3.45. The molecule has 0 unspecified atom stereocenters. The number of nitrogens with one attached hydrogen (secondary N) is 1. The third-order valence-electron chi connectivity index (χ3n) is 4.30. The number of benzene rings is 2. The molecule has 0 atom stereocenters. The topological polar surface area (TPSA) is 61.9 Å². The average molecular weight is 348 g/mol. The monoisotopic (exact) mass is 348 g/mol. The van der Waals surface area contributed by atoms with Crippen molar-refractivity contribution in [1.29, 1.82) is 0 Å². The number of carbonyl (C=O) groups is 1. The number of aromatic nitrogens is 3. The van der Waals surface area contributed by atoms with Crippen LogP contribution in [0.4, 0.5) is 4.39 Å². The molecule has 4 rings (SSSR count). The Morgan fingerprint density at radius 3 is 2.73 bits per heavy atom. The highest BCUT2D eigenvalue weighted by molar-refractivity contribution is 6.06. The van der Waals surface area contributed by atoms with Crippen molar-refractivity contribution in [3.05, 3.63) is 71.4 Å². The number of hydrogen-bond acceptors (Lipinski definition) is 3. The van der Waals surface area contributed by atoms with Gasteiger partial charge in [0.2, 0.25) is 0 Å². The van der Waals surface area contributed by atoms with Crippen LogP contribution in [0.15, 0.2) is 48.5 Å². The third kappa shape index (κ3) is 2.90. The fourth-order valence-electron chi connectivity index (χ4n) is 3.09. The van der Waals surface area contributed by atoms with Gasteiger partial charge in [-0.1, -0.05) is 12.1 Å². The van der Waals surface area contributed by atoms with Crippen LogP contribution in [0.1, 0.15) is 21.9 Å². The Kier molecular flexibility index (Phi) is 3.88. The third-order valence-corrected chi connectivity index (χ3v) is 4.30. The molecular formula is C20H17FN4O. The van der Waals surface area contributed by atoms with Crippen molar-refractivity contribution >= 4 is 27.8 Å². The summed E-state index contributed by atoms with van der Waals surface area (Å²) >= 11 is 0. The molecule has 0 saturated heterocycles. The molecule has 0 aliphatic rings. The molecule has 0 aliphatic carbocycles. The van der Waals surface area contributed by atoms with Crippen molar-refractivity contribution in [3.8, 4) is 0 Å². The van der Waals surface area contributed by atoms with Crippen molar-refractivity contribution in [3.63, 3.8) is 0 Å². The van der Waals surface area contributed by atoms with Crippen LogP contribution in [-0.4, -0.2) is 32.8 Å². The first kappa shape index (κ1) is 16.2. The molecule has 1 N–H and O–H groups in total. The van der Waals surface area contributed by atoms with Gasteiger partial charge in [-0.05, 0) is 37.3 Å². The number of aryl methyl sites for hydroxylation is 1. The largest absolute Gasteiger partial charge is 0.340 e. The van der Waals surface area contributed by atoms with Crippen molar-refractivity contribution < 1.29 is 9.18 Å². The number of hydrogen-bond donors (Lipinski definition) is 1. The van der Waals surface area contributed by atoms with Gasteiger partial charge in [0.1, 0.15) is 11.6 Å². The zero-order valence-corrected chi connectivity index (χ0v) is 14.5. The molecular weight excluding hydrogens is 331 g/mol. The summed E-state index contributed by atoms with van der Waals surface area (Å²) < 4.78 is 13.5. The predicted molar refractivity (Wildman–Crippen MR) is 98.3 cm³/mol. The van der Waals surface area contributed by atoms with E-state index in [-0.39, 0.29) is 11.7 Å². The Morgan fingerprint density at radius 2 is 1.92 bits per heavy atom. The zero-order chi connectivity index (χ0) is 18.3. The Hall–Kier alpha value is -3.28. The van der Waals surface area contributed by atoms with Crippen molar-refractivity contribution in [2.24, 2.45) is 0 Å². The zero-order valence-electron chi connectivity index (χ0n) is 14.5. The van der Waals surface area contributed by atoms with E-state index in [4.69, 9.17) is 0 Å². The molecule has 26 heavy (non-hydrogen) atoms. The van der Waals surface area contributed by atoms with E-state index in [2.05, 4.69) is 15.0 Å². The standard InChI is InChI=1S/C20H17FN4O/c1-12-9-15(14-8-7-13(21)10-18(14)22-12)20(26)25(2)11-19-23-16-5-3-4-6-17(16)24-19/h3-10H,11H2,1-2H3,(H,23,24). The molecule has 0 fully saturated rings. The second-order valence-electron chi connectivity index (χ2n) is 6.33. The molecule has 2 aromatic heterocycles. The number of pyridine rings is 1. The number of carbonyl (C=O) groups excluding carboxylic acids is 1. The van der Waals surface area contributed by atoms with Crippen molar-refractivity contribution in [2.75, 3.05) is 7.05 Å². The lowest BCUT2D eigenvalue weighted by atomic mass is 10.1. The van der Waals surface area contributed by atoms with Crippen LogP contribution in [0, 0.1) is 12.7 Å². The van der Waals surface area contributed by atoms with Gasteiger partial charge in [-0.2, -0.15) is 0 Å². The Morgan fingerprint density at radius 1 is 1.12 bits per heavy atom. The van der Waals surface area contributed by atoms with Gasteiger partial charge < -0.3 is 9.88 Å². The van der Waals surface area contributed by atoms with E-state index >= 15 is 0 Å². The van der Waals surface area contributed by atoms with E-state index in [9.17, 15) is 9.18 Å². The van der Waals surface area contributed by atoms with Gasteiger partial charge in [0, 0.05) is 24.2 Å². The first-order chi connectivity index (χ1) is 12.5. The smallest absolute Gasteiger partial charge is 0.254 e. The van der Waals surface area contributed by atoms with E-state index in [0.29, 0.717) is 34.5 Å². The first-order valence-electron chi connectivity index (χ1n) is 8.27. The Labute approximate surface area is 149 Å². The van der Waals surface area contributed by atoms with Crippen LogP contribution in [0.5, 0.6) is 0 Å². The van der Waals surface area contributed by atoms with Gasteiger partial charge in [0.05, 0.1) is 28.7 Å². The van der Waals surface area contributed by atoms with Crippen LogP contribution in [-0.2, 0) is 6.54 Å². The van der Waals surface area contributed by atoms with Gasteiger partial charge in [-0.25, -0.2) is 9.37 Å². The van der Waals surface area contributed by atoms with Gasteiger partial charge in [-0.15, -0.1) is 0 Å². The molecule has 0 spiro atoms. The maximum atomic E-state index is 13.5. The van der Waals surface area contributed by atoms with Crippen molar-refractivity contribution in [1.82, 2.24) is 19.9 Å².